The lowest BCUT2D eigenvalue weighted by Crippen LogP contribution is -2.30. The Morgan fingerprint density at radius 2 is 2.29 bits per heavy atom. The zero-order chi connectivity index (χ0) is 14.8. The van der Waals surface area contributed by atoms with E-state index in [1.807, 2.05) is 0 Å². The van der Waals surface area contributed by atoms with Crippen LogP contribution in [0.4, 0.5) is 4.39 Å². The summed E-state index contributed by atoms with van der Waals surface area (Å²) in [6.07, 6.45) is 2.38. The van der Waals surface area contributed by atoms with E-state index in [9.17, 15) is 9.18 Å². The quantitative estimate of drug-likeness (QED) is 0.920. The van der Waals surface area contributed by atoms with Crippen molar-refractivity contribution in [2.75, 3.05) is 13.2 Å². The molecule has 0 spiro atoms. The number of para-hydroxylation sites is 1. The lowest BCUT2D eigenvalue weighted by Gasteiger charge is -2.10. The molecule has 1 saturated carbocycles. The maximum absolute atomic E-state index is 13.8. The number of pyridine rings is 1. The molecule has 4 nitrogen and oxygen atoms in total. The monoisotopic (exact) mass is 288 g/mol. The second kappa shape index (κ2) is 5.68. The van der Waals surface area contributed by atoms with Crippen molar-refractivity contribution in [3.05, 3.63) is 35.8 Å². The van der Waals surface area contributed by atoms with Gasteiger partial charge in [-0.25, -0.2) is 9.37 Å². The summed E-state index contributed by atoms with van der Waals surface area (Å²) in [4.78, 5) is 15.9. The lowest BCUT2D eigenvalue weighted by molar-refractivity contribution is -0.123. The van der Waals surface area contributed by atoms with Crippen LogP contribution in [0.25, 0.3) is 10.9 Å². The molecule has 0 saturated heterocycles. The number of nitrogens with zero attached hydrogens (tertiary/aromatic N) is 1. The minimum absolute atomic E-state index is 0.0677. The number of benzene rings is 1. The summed E-state index contributed by atoms with van der Waals surface area (Å²) in [5.41, 5.74) is 0.923. The second-order valence-electron chi connectivity index (χ2n) is 5.43. The van der Waals surface area contributed by atoms with Crippen molar-refractivity contribution < 1.29 is 13.9 Å². The van der Waals surface area contributed by atoms with Gasteiger partial charge in [-0.1, -0.05) is 6.07 Å². The molecule has 1 aliphatic rings. The number of rotatable bonds is 5. The van der Waals surface area contributed by atoms with E-state index in [0.29, 0.717) is 29.3 Å². The highest BCUT2D eigenvalue weighted by atomic mass is 19.1. The van der Waals surface area contributed by atoms with Crippen molar-refractivity contribution in [1.82, 2.24) is 10.3 Å². The first-order valence-corrected chi connectivity index (χ1v) is 7.09. The number of halogens is 1. The van der Waals surface area contributed by atoms with Gasteiger partial charge in [-0.2, -0.15) is 0 Å². The molecular formula is C16H17FN2O2. The van der Waals surface area contributed by atoms with Crippen molar-refractivity contribution in [2.45, 2.75) is 19.8 Å². The van der Waals surface area contributed by atoms with Gasteiger partial charge in [-0.3, -0.25) is 4.79 Å². The average Bonchev–Trinajstić information content (AvgIpc) is 3.28. The summed E-state index contributed by atoms with van der Waals surface area (Å²) < 4.78 is 19.3. The predicted octanol–water partition coefficient (Wildman–Crippen LogP) is 2.59. The molecule has 1 fully saturated rings. The fraction of sp³-hybridized carbons (Fsp3) is 0.375. The molecule has 0 bridgehead atoms. The van der Waals surface area contributed by atoms with Gasteiger partial charge in [-0.15, -0.1) is 0 Å². The standard InChI is InChI=1S/C16H17FN2O2/c1-10-7-14(12-3-2-4-13(17)16(12)19-10)21-9-15(20)18-8-11-5-6-11/h2-4,7,11H,5-6,8-9H2,1H3,(H,18,20). The maximum atomic E-state index is 13.8. The van der Waals surface area contributed by atoms with Crippen molar-refractivity contribution in [1.29, 1.82) is 0 Å². The molecule has 1 N–H and O–H groups in total. The van der Waals surface area contributed by atoms with Crippen LogP contribution in [0.1, 0.15) is 18.5 Å². The first-order valence-electron chi connectivity index (χ1n) is 7.09. The van der Waals surface area contributed by atoms with E-state index in [0.717, 1.165) is 0 Å². The highest BCUT2D eigenvalue weighted by Crippen LogP contribution is 2.28. The highest BCUT2D eigenvalue weighted by molar-refractivity contribution is 5.86. The number of amides is 1. The summed E-state index contributed by atoms with van der Waals surface area (Å²) in [6, 6.07) is 6.42. The summed E-state index contributed by atoms with van der Waals surface area (Å²) in [6.45, 7) is 2.42. The van der Waals surface area contributed by atoms with Crippen LogP contribution >= 0.6 is 0 Å². The first-order chi connectivity index (χ1) is 10.1. The van der Waals surface area contributed by atoms with Crippen LogP contribution in [0.15, 0.2) is 24.3 Å². The topological polar surface area (TPSA) is 51.2 Å². The molecular weight excluding hydrogens is 271 g/mol. The molecule has 110 valence electrons. The number of carbonyl (C=O) groups is 1. The number of nitrogens with one attached hydrogen (secondary N) is 1. The molecule has 0 aliphatic heterocycles. The minimum Gasteiger partial charge on any atom is -0.483 e. The van der Waals surface area contributed by atoms with E-state index in [2.05, 4.69) is 10.3 Å². The van der Waals surface area contributed by atoms with Gasteiger partial charge in [0.15, 0.2) is 6.61 Å². The Bertz CT molecular complexity index is 683. The van der Waals surface area contributed by atoms with Gasteiger partial charge in [-0.05, 0) is 37.8 Å². The highest BCUT2D eigenvalue weighted by Gasteiger charge is 2.21. The Kier molecular flexibility index (Phi) is 3.73. The fourth-order valence-corrected chi connectivity index (χ4v) is 2.20. The fourth-order valence-electron chi connectivity index (χ4n) is 2.20. The molecule has 1 amide bonds. The van der Waals surface area contributed by atoms with Crippen LogP contribution in [-0.4, -0.2) is 24.0 Å². The van der Waals surface area contributed by atoms with Crippen molar-refractivity contribution in [3.63, 3.8) is 0 Å². The van der Waals surface area contributed by atoms with E-state index in [1.54, 1.807) is 25.1 Å². The molecule has 0 radical (unpaired) electrons. The van der Waals surface area contributed by atoms with Crippen LogP contribution in [0.3, 0.4) is 0 Å². The number of aromatic nitrogens is 1. The number of fused-ring (bicyclic) bond motifs is 1. The maximum Gasteiger partial charge on any atom is 0.257 e. The van der Waals surface area contributed by atoms with Gasteiger partial charge in [0.2, 0.25) is 0 Å². The van der Waals surface area contributed by atoms with Gasteiger partial charge >= 0.3 is 0 Å². The van der Waals surface area contributed by atoms with E-state index in [-0.39, 0.29) is 23.8 Å². The summed E-state index contributed by atoms with van der Waals surface area (Å²) >= 11 is 0. The van der Waals surface area contributed by atoms with Gasteiger partial charge in [0.05, 0.1) is 0 Å². The van der Waals surface area contributed by atoms with E-state index in [1.165, 1.54) is 18.9 Å². The molecule has 0 atom stereocenters. The molecule has 21 heavy (non-hydrogen) atoms. The predicted molar refractivity (Wildman–Crippen MR) is 77.7 cm³/mol. The third-order valence-corrected chi connectivity index (χ3v) is 3.52. The molecule has 1 aromatic heterocycles. The normalized spacial score (nSPS) is 14.2. The smallest absolute Gasteiger partial charge is 0.257 e. The summed E-state index contributed by atoms with van der Waals surface area (Å²) in [5.74, 6) is 0.575. The molecule has 1 aromatic carbocycles. The second-order valence-corrected chi connectivity index (χ2v) is 5.43. The Hall–Kier alpha value is -2.17. The van der Waals surface area contributed by atoms with Crippen LogP contribution in [0.5, 0.6) is 5.75 Å². The molecule has 0 unspecified atom stereocenters. The van der Waals surface area contributed by atoms with Gasteiger partial charge in [0.25, 0.3) is 5.91 Å². The summed E-state index contributed by atoms with van der Waals surface area (Å²) in [7, 11) is 0. The van der Waals surface area contributed by atoms with Crippen LogP contribution < -0.4 is 10.1 Å². The summed E-state index contributed by atoms with van der Waals surface area (Å²) in [5, 5.41) is 3.41. The molecule has 3 rings (SSSR count). The SMILES string of the molecule is Cc1cc(OCC(=O)NCC2CC2)c2cccc(F)c2n1. The van der Waals surface area contributed by atoms with Crippen molar-refractivity contribution in [3.8, 4) is 5.75 Å². The molecule has 5 heteroatoms. The molecule has 1 aliphatic carbocycles. The Labute approximate surface area is 122 Å². The van der Waals surface area contributed by atoms with Gasteiger partial charge in [0, 0.05) is 23.7 Å². The van der Waals surface area contributed by atoms with Crippen molar-refractivity contribution in [2.24, 2.45) is 5.92 Å². The van der Waals surface area contributed by atoms with Crippen molar-refractivity contribution >= 4 is 16.8 Å². The average molecular weight is 288 g/mol. The zero-order valence-corrected chi connectivity index (χ0v) is 11.9. The third kappa shape index (κ3) is 3.29. The van der Waals surface area contributed by atoms with Gasteiger partial charge < -0.3 is 10.1 Å². The number of hydrogen-bond donors (Lipinski definition) is 1. The number of aryl methyl sites for hydroxylation is 1. The first kappa shape index (κ1) is 13.8. The zero-order valence-electron chi connectivity index (χ0n) is 11.9. The molecule has 1 heterocycles. The van der Waals surface area contributed by atoms with E-state index < -0.39 is 0 Å². The number of ether oxygens (including phenoxy) is 1. The van der Waals surface area contributed by atoms with Crippen LogP contribution in [0.2, 0.25) is 0 Å². The minimum atomic E-state index is -0.390. The Balaban J connectivity index is 1.73. The molecule has 2 aromatic rings. The van der Waals surface area contributed by atoms with E-state index in [4.69, 9.17) is 4.74 Å². The largest absolute Gasteiger partial charge is 0.483 e. The Morgan fingerprint density at radius 3 is 3.05 bits per heavy atom. The van der Waals surface area contributed by atoms with Crippen LogP contribution in [0, 0.1) is 18.7 Å². The Morgan fingerprint density at radius 1 is 1.48 bits per heavy atom. The number of carbonyl (C=O) groups excluding carboxylic acids is 1. The third-order valence-electron chi connectivity index (χ3n) is 3.52. The number of hydrogen-bond acceptors (Lipinski definition) is 3. The van der Waals surface area contributed by atoms with E-state index >= 15 is 0 Å². The lowest BCUT2D eigenvalue weighted by atomic mass is 10.2. The van der Waals surface area contributed by atoms with Gasteiger partial charge in [0.1, 0.15) is 17.1 Å². The van der Waals surface area contributed by atoms with Crippen LogP contribution in [-0.2, 0) is 4.79 Å².